The van der Waals surface area contributed by atoms with Crippen LogP contribution in [0.1, 0.15) is 30.6 Å². The van der Waals surface area contributed by atoms with Crippen LogP contribution in [0.25, 0.3) is 0 Å². The van der Waals surface area contributed by atoms with E-state index in [-0.39, 0.29) is 11.7 Å². The van der Waals surface area contributed by atoms with Gasteiger partial charge in [-0.1, -0.05) is 13.8 Å². The lowest BCUT2D eigenvalue weighted by Crippen LogP contribution is -2.35. The number of nitrogens with zero attached hydrogens (tertiary/aromatic N) is 1. The molecule has 6 nitrogen and oxygen atoms in total. The second-order valence-electron chi connectivity index (χ2n) is 5.06. The number of hydrogen-bond donors (Lipinski definition) is 1. The summed E-state index contributed by atoms with van der Waals surface area (Å²) in [6.45, 7) is 4.87. The highest BCUT2D eigenvalue weighted by Gasteiger charge is 2.21. The molecule has 1 rings (SSSR count). The number of hydrogen-bond acceptors (Lipinski definition) is 6. The fourth-order valence-electron chi connectivity index (χ4n) is 1.70. The van der Waals surface area contributed by atoms with Crippen LogP contribution in [0.4, 0.5) is 0 Å². The van der Waals surface area contributed by atoms with E-state index < -0.39 is 6.04 Å². The molecule has 1 unspecified atom stereocenters. The number of methoxy groups -OCH3 is 2. The Hall–Kier alpha value is -1.66. The topological polar surface area (TPSA) is 83.7 Å². The summed E-state index contributed by atoms with van der Waals surface area (Å²) in [6, 6.07) is 1.07. The first-order chi connectivity index (χ1) is 10.0. The van der Waals surface area contributed by atoms with E-state index in [0.717, 1.165) is 6.42 Å². The second-order valence-corrected chi connectivity index (χ2v) is 5.06. The molecule has 118 valence electrons. The number of carbonyl (C=O) groups excluding carboxylic acids is 1. The summed E-state index contributed by atoms with van der Waals surface area (Å²) in [5.41, 5.74) is 6.32. The monoisotopic (exact) mass is 296 g/mol. The van der Waals surface area contributed by atoms with Gasteiger partial charge >= 0.3 is 0 Å². The van der Waals surface area contributed by atoms with Gasteiger partial charge in [0.2, 0.25) is 0 Å². The van der Waals surface area contributed by atoms with Gasteiger partial charge in [0.15, 0.2) is 11.5 Å². The Bertz CT molecular complexity index is 463. The molecule has 0 amide bonds. The predicted octanol–water partition coefficient (Wildman–Crippen LogP) is 1.67. The molecule has 0 fully saturated rings. The van der Waals surface area contributed by atoms with Crippen LogP contribution in [-0.4, -0.2) is 44.2 Å². The molecule has 2 N–H and O–H groups in total. The summed E-state index contributed by atoms with van der Waals surface area (Å²) in [4.78, 5) is 16.3. The van der Waals surface area contributed by atoms with Crippen molar-refractivity contribution in [1.82, 2.24) is 4.98 Å². The molecule has 0 aliphatic heterocycles. The Balaban J connectivity index is 2.86. The molecule has 0 aromatic carbocycles. The minimum absolute atomic E-state index is 0.0608. The molecular formula is C15H24N2O4. The van der Waals surface area contributed by atoms with E-state index >= 15 is 0 Å². The lowest BCUT2D eigenvalue weighted by Gasteiger charge is -2.15. The van der Waals surface area contributed by atoms with Gasteiger partial charge in [0.25, 0.3) is 5.88 Å². The maximum absolute atomic E-state index is 12.2. The Morgan fingerprint density at radius 1 is 1.33 bits per heavy atom. The van der Waals surface area contributed by atoms with E-state index in [0.29, 0.717) is 30.4 Å². The van der Waals surface area contributed by atoms with Crippen molar-refractivity contribution in [3.05, 3.63) is 17.8 Å². The lowest BCUT2D eigenvalue weighted by atomic mass is 9.97. The Kier molecular flexibility index (Phi) is 7.11. The first-order valence-electron chi connectivity index (χ1n) is 6.96. The number of carbonyl (C=O) groups is 1. The van der Waals surface area contributed by atoms with Crippen molar-refractivity contribution in [2.45, 2.75) is 26.3 Å². The largest absolute Gasteiger partial charge is 0.488 e. The maximum Gasteiger partial charge on any atom is 0.256 e. The van der Waals surface area contributed by atoms with Gasteiger partial charge in [-0.15, -0.1) is 0 Å². The SMILES string of the molecule is COCCCOc1cc(C(=O)C(N)C(C)C)cnc1OC. The molecule has 1 aromatic heterocycles. The third kappa shape index (κ3) is 4.99. The fourth-order valence-corrected chi connectivity index (χ4v) is 1.70. The molecule has 0 bridgehead atoms. The molecule has 0 saturated carbocycles. The lowest BCUT2D eigenvalue weighted by molar-refractivity contribution is 0.0939. The first-order valence-corrected chi connectivity index (χ1v) is 6.96. The van der Waals surface area contributed by atoms with Gasteiger partial charge in [-0.3, -0.25) is 4.79 Å². The summed E-state index contributed by atoms with van der Waals surface area (Å²) in [7, 11) is 3.14. The number of rotatable bonds is 9. The molecule has 1 atom stereocenters. The van der Waals surface area contributed by atoms with E-state index in [4.69, 9.17) is 19.9 Å². The molecule has 21 heavy (non-hydrogen) atoms. The average Bonchev–Trinajstić information content (AvgIpc) is 2.49. The average molecular weight is 296 g/mol. The number of aromatic nitrogens is 1. The number of ketones is 1. The zero-order valence-corrected chi connectivity index (χ0v) is 13.1. The highest BCUT2D eigenvalue weighted by molar-refractivity contribution is 6.00. The van der Waals surface area contributed by atoms with Gasteiger partial charge in [0, 0.05) is 31.9 Å². The molecule has 0 aliphatic rings. The third-order valence-corrected chi connectivity index (χ3v) is 3.07. The molecule has 1 aromatic rings. The number of ether oxygens (including phenoxy) is 3. The summed E-state index contributed by atoms with van der Waals surface area (Å²) in [5, 5.41) is 0. The normalized spacial score (nSPS) is 12.3. The van der Waals surface area contributed by atoms with Crippen molar-refractivity contribution in [2.24, 2.45) is 11.7 Å². The van der Waals surface area contributed by atoms with E-state index in [9.17, 15) is 4.79 Å². The highest BCUT2D eigenvalue weighted by atomic mass is 16.5. The van der Waals surface area contributed by atoms with E-state index in [1.165, 1.54) is 13.3 Å². The van der Waals surface area contributed by atoms with Crippen molar-refractivity contribution in [3.8, 4) is 11.6 Å². The standard InChI is InChI=1S/C15H24N2O4/c1-10(2)13(16)14(18)11-8-12(15(20-4)17-9-11)21-7-5-6-19-3/h8-10,13H,5-7,16H2,1-4H3. The zero-order valence-electron chi connectivity index (χ0n) is 13.1. The maximum atomic E-state index is 12.2. The van der Waals surface area contributed by atoms with Crippen LogP contribution in [0, 0.1) is 5.92 Å². The van der Waals surface area contributed by atoms with Gasteiger partial charge < -0.3 is 19.9 Å². The van der Waals surface area contributed by atoms with Gasteiger partial charge in [0.1, 0.15) is 0 Å². The molecule has 0 spiro atoms. The Labute approximate surface area is 125 Å². The van der Waals surface area contributed by atoms with Crippen LogP contribution in [0.3, 0.4) is 0 Å². The third-order valence-electron chi connectivity index (χ3n) is 3.07. The number of pyridine rings is 1. The highest BCUT2D eigenvalue weighted by Crippen LogP contribution is 2.26. The van der Waals surface area contributed by atoms with Crippen LogP contribution >= 0.6 is 0 Å². The predicted molar refractivity (Wildman–Crippen MR) is 79.9 cm³/mol. The number of nitrogens with two attached hydrogens (primary N) is 1. The van der Waals surface area contributed by atoms with Gasteiger partial charge in [-0.25, -0.2) is 4.98 Å². The molecule has 0 aliphatic carbocycles. The van der Waals surface area contributed by atoms with Crippen LogP contribution < -0.4 is 15.2 Å². The van der Waals surface area contributed by atoms with Crippen LogP contribution in [0.15, 0.2) is 12.3 Å². The molecule has 6 heteroatoms. The second kappa shape index (κ2) is 8.59. The molecular weight excluding hydrogens is 272 g/mol. The van der Waals surface area contributed by atoms with Crippen LogP contribution in [-0.2, 0) is 4.74 Å². The van der Waals surface area contributed by atoms with E-state index in [2.05, 4.69) is 4.98 Å². The van der Waals surface area contributed by atoms with E-state index in [1.807, 2.05) is 13.8 Å². The number of Topliss-reactive ketones (excluding diaryl/α,β-unsaturated/α-hetero) is 1. The minimum Gasteiger partial charge on any atom is -0.488 e. The Morgan fingerprint density at radius 2 is 2.05 bits per heavy atom. The van der Waals surface area contributed by atoms with Crippen molar-refractivity contribution in [1.29, 1.82) is 0 Å². The molecule has 0 saturated heterocycles. The van der Waals surface area contributed by atoms with Crippen LogP contribution in [0.5, 0.6) is 11.6 Å². The summed E-state index contributed by atoms with van der Waals surface area (Å²) < 4.78 is 15.7. The minimum atomic E-state index is -0.554. The van der Waals surface area contributed by atoms with Crippen molar-refractivity contribution in [2.75, 3.05) is 27.4 Å². The van der Waals surface area contributed by atoms with E-state index in [1.54, 1.807) is 13.2 Å². The van der Waals surface area contributed by atoms with Crippen molar-refractivity contribution >= 4 is 5.78 Å². The molecule has 1 heterocycles. The van der Waals surface area contributed by atoms with Crippen LogP contribution in [0.2, 0.25) is 0 Å². The fraction of sp³-hybridized carbons (Fsp3) is 0.600. The first kappa shape index (κ1) is 17.4. The van der Waals surface area contributed by atoms with Gasteiger partial charge in [-0.2, -0.15) is 0 Å². The summed E-state index contributed by atoms with van der Waals surface area (Å²) >= 11 is 0. The summed E-state index contributed by atoms with van der Waals surface area (Å²) in [6.07, 6.45) is 2.20. The molecule has 0 radical (unpaired) electrons. The quantitative estimate of drug-likeness (QED) is 0.551. The Morgan fingerprint density at radius 3 is 2.62 bits per heavy atom. The van der Waals surface area contributed by atoms with Gasteiger partial charge in [-0.05, 0) is 12.0 Å². The van der Waals surface area contributed by atoms with Gasteiger partial charge in [0.05, 0.1) is 19.8 Å². The van der Waals surface area contributed by atoms with Crippen molar-refractivity contribution in [3.63, 3.8) is 0 Å². The van der Waals surface area contributed by atoms with Crippen molar-refractivity contribution < 1.29 is 19.0 Å². The smallest absolute Gasteiger partial charge is 0.256 e. The zero-order chi connectivity index (χ0) is 15.8. The summed E-state index contributed by atoms with van der Waals surface area (Å²) in [5.74, 6) is 0.699.